The van der Waals surface area contributed by atoms with Crippen LogP contribution in [0.4, 0.5) is 4.79 Å². The van der Waals surface area contributed by atoms with Crippen molar-refractivity contribution in [3.8, 4) is 16.2 Å². The Hall–Kier alpha value is -2.01. The maximum absolute atomic E-state index is 12.3. The van der Waals surface area contributed by atoms with Gasteiger partial charge in [-0.3, -0.25) is 0 Å². The van der Waals surface area contributed by atoms with Gasteiger partial charge in [-0.15, -0.1) is 11.3 Å². The number of hydrogen-bond donors (Lipinski definition) is 0. The topological polar surface area (TPSA) is 38.8 Å². The summed E-state index contributed by atoms with van der Waals surface area (Å²) in [6, 6.07) is 10.3. The van der Waals surface area contributed by atoms with Crippen molar-refractivity contribution in [1.82, 2.24) is 4.90 Å². The molecule has 126 valence electrons. The van der Waals surface area contributed by atoms with Crippen molar-refractivity contribution in [3.63, 3.8) is 0 Å². The van der Waals surface area contributed by atoms with Crippen molar-refractivity contribution >= 4 is 17.4 Å². The van der Waals surface area contributed by atoms with Gasteiger partial charge in [-0.05, 0) is 30.0 Å². The molecule has 1 unspecified atom stereocenters. The average Bonchev–Trinajstić information content (AvgIpc) is 3.24. The molecule has 4 rings (SSSR count). The highest BCUT2D eigenvalue weighted by atomic mass is 32.1. The third kappa shape index (κ3) is 2.47. The van der Waals surface area contributed by atoms with Crippen LogP contribution in [-0.4, -0.2) is 30.7 Å². The van der Waals surface area contributed by atoms with Crippen LogP contribution in [0.15, 0.2) is 35.7 Å². The van der Waals surface area contributed by atoms with Crippen LogP contribution in [0.3, 0.4) is 0 Å². The molecule has 1 aromatic carbocycles. The molecule has 0 bridgehead atoms. The summed E-state index contributed by atoms with van der Waals surface area (Å²) in [4.78, 5) is 15.3. The average molecular weight is 343 g/mol. The minimum Gasteiger partial charge on any atom is -0.480 e. The fourth-order valence-corrected chi connectivity index (χ4v) is 4.54. The normalized spacial score (nSPS) is 21.3. The number of benzene rings is 1. The van der Waals surface area contributed by atoms with E-state index in [-0.39, 0.29) is 6.09 Å². The highest BCUT2D eigenvalue weighted by molar-refractivity contribution is 7.13. The van der Waals surface area contributed by atoms with Gasteiger partial charge in [-0.1, -0.05) is 25.5 Å². The molecule has 0 saturated carbocycles. The fourth-order valence-electron chi connectivity index (χ4n) is 3.52. The Bertz CT molecular complexity index is 757. The van der Waals surface area contributed by atoms with Crippen molar-refractivity contribution in [2.45, 2.75) is 31.8 Å². The number of thiophene rings is 1. The molecular weight excluding hydrogens is 322 g/mol. The van der Waals surface area contributed by atoms with E-state index in [1.807, 2.05) is 18.2 Å². The summed E-state index contributed by atoms with van der Waals surface area (Å²) < 4.78 is 11.8. The lowest BCUT2D eigenvalue weighted by atomic mass is 9.88. The summed E-state index contributed by atoms with van der Waals surface area (Å²) in [5.74, 6) is 0.911. The van der Waals surface area contributed by atoms with Crippen LogP contribution < -0.4 is 4.74 Å². The molecule has 2 aromatic rings. The van der Waals surface area contributed by atoms with Crippen LogP contribution in [0.25, 0.3) is 10.4 Å². The van der Waals surface area contributed by atoms with Gasteiger partial charge in [0, 0.05) is 29.0 Å². The zero-order chi connectivity index (χ0) is 16.6. The van der Waals surface area contributed by atoms with Crippen LogP contribution in [0.1, 0.15) is 31.7 Å². The van der Waals surface area contributed by atoms with Crippen molar-refractivity contribution in [3.05, 3.63) is 41.3 Å². The van der Waals surface area contributed by atoms with E-state index in [0.29, 0.717) is 19.7 Å². The van der Waals surface area contributed by atoms with Crippen molar-refractivity contribution < 1.29 is 14.3 Å². The highest BCUT2D eigenvalue weighted by Crippen LogP contribution is 2.51. The van der Waals surface area contributed by atoms with Crippen LogP contribution >= 0.6 is 11.3 Å². The Balaban J connectivity index is 1.58. The summed E-state index contributed by atoms with van der Waals surface area (Å²) in [6.07, 6.45) is 2.51. The van der Waals surface area contributed by atoms with Gasteiger partial charge < -0.3 is 14.4 Å². The highest BCUT2D eigenvalue weighted by Gasteiger charge is 2.48. The first kappa shape index (κ1) is 15.5. The van der Waals surface area contributed by atoms with E-state index >= 15 is 0 Å². The minimum atomic E-state index is -0.437. The van der Waals surface area contributed by atoms with Gasteiger partial charge in [-0.25, -0.2) is 4.79 Å². The Labute approximate surface area is 146 Å². The molecule has 2 aliphatic rings. The lowest BCUT2D eigenvalue weighted by Gasteiger charge is -2.35. The van der Waals surface area contributed by atoms with Gasteiger partial charge in [-0.2, -0.15) is 0 Å². The van der Waals surface area contributed by atoms with E-state index in [4.69, 9.17) is 9.47 Å². The molecule has 4 nitrogen and oxygen atoms in total. The predicted molar refractivity (Wildman–Crippen MR) is 94.5 cm³/mol. The van der Waals surface area contributed by atoms with E-state index in [1.54, 1.807) is 16.2 Å². The van der Waals surface area contributed by atoms with E-state index in [0.717, 1.165) is 30.6 Å². The molecule has 0 N–H and O–H groups in total. The first-order chi connectivity index (χ1) is 11.7. The summed E-state index contributed by atoms with van der Waals surface area (Å²) in [5.41, 5.74) is 1.92. The standard InChI is InChI=1S/C19H21NO3S/c1-2-3-11-22-18(21)20-10-9-19(13-20)15-8-12-24-17(15)14-6-4-5-7-16(14)23-19/h4-8,12H,2-3,9-11,13H2,1H3. The molecule has 0 radical (unpaired) electrons. The maximum atomic E-state index is 12.3. The lowest BCUT2D eigenvalue weighted by Crippen LogP contribution is -2.40. The summed E-state index contributed by atoms with van der Waals surface area (Å²) >= 11 is 1.74. The monoisotopic (exact) mass is 343 g/mol. The van der Waals surface area contributed by atoms with Gasteiger partial charge in [0.25, 0.3) is 0 Å². The van der Waals surface area contributed by atoms with Crippen LogP contribution in [0, 0.1) is 0 Å². The zero-order valence-electron chi connectivity index (χ0n) is 13.8. The minimum absolute atomic E-state index is 0.223. The SMILES string of the molecule is CCCCOC(=O)N1CCC2(C1)Oc1ccccc1-c1sccc12. The summed E-state index contributed by atoms with van der Waals surface area (Å²) in [5, 5.41) is 2.11. The number of para-hydroxylation sites is 1. The van der Waals surface area contributed by atoms with Crippen LogP contribution in [0.5, 0.6) is 5.75 Å². The first-order valence-electron chi connectivity index (χ1n) is 8.51. The smallest absolute Gasteiger partial charge is 0.409 e. The number of amides is 1. The second-order valence-electron chi connectivity index (χ2n) is 6.40. The van der Waals surface area contributed by atoms with Crippen LogP contribution in [-0.2, 0) is 10.3 Å². The number of carbonyl (C=O) groups is 1. The molecule has 24 heavy (non-hydrogen) atoms. The number of hydrogen-bond acceptors (Lipinski definition) is 4. The van der Waals surface area contributed by atoms with Crippen molar-refractivity contribution in [1.29, 1.82) is 0 Å². The van der Waals surface area contributed by atoms with Gasteiger partial charge >= 0.3 is 6.09 Å². The number of unbranched alkanes of at least 4 members (excludes halogenated alkanes) is 1. The van der Waals surface area contributed by atoms with Gasteiger partial charge in [0.15, 0.2) is 5.60 Å². The number of fused-ring (bicyclic) bond motifs is 4. The third-order valence-electron chi connectivity index (χ3n) is 4.81. The molecule has 1 saturated heterocycles. The van der Waals surface area contributed by atoms with Gasteiger partial charge in [0.05, 0.1) is 13.2 Å². The van der Waals surface area contributed by atoms with E-state index in [1.165, 1.54) is 10.4 Å². The molecule has 1 aromatic heterocycles. The van der Waals surface area contributed by atoms with Gasteiger partial charge in [0.2, 0.25) is 0 Å². The van der Waals surface area contributed by atoms with E-state index in [2.05, 4.69) is 24.4 Å². The third-order valence-corrected chi connectivity index (χ3v) is 5.75. The molecule has 1 amide bonds. The Kier molecular flexibility index (Phi) is 3.96. The number of nitrogens with zero attached hydrogens (tertiary/aromatic N) is 1. The van der Waals surface area contributed by atoms with E-state index < -0.39 is 5.60 Å². The van der Waals surface area contributed by atoms with Gasteiger partial charge in [0.1, 0.15) is 5.75 Å². The van der Waals surface area contributed by atoms with Crippen LogP contribution in [0.2, 0.25) is 0 Å². The second kappa shape index (κ2) is 6.13. The summed E-state index contributed by atoms with van der Waals surface area (Å²) in [6.45, 7) is 3.80. The maximum Gasteiger partial charge on any atom is 0.409 e. The number of likely N-dealkylation sites (tertiary alicyclic amines) is 1. The Morgan fingerprint density at radius 2 is 2.25 bits per heavy atom. The van der Waals surface area contributed by atoms with Crippen molar-refractivity contribution in [2.24, 2.45) is 0 Å². The quantitative estimate of drug-likeness (QED) is 0.762. The Morgan fingerprint density at radius 1 is 1.38 bits per heavy atom. The number of rotatable bonds is 3. The molecule has 2 aliphatic heterocycles. The molecule has 0 aliphatic carbocycles. The molecule has 1 spiro atoms. The lowest BCUT2D eigenvalue weighted by molar-refractivity contribution is 0.0629. The number of ether oxygens (including phenoxy) is 2. The number of carbonyl (C=O) groups excluding carboxylic acids is 1. The second-order valence-corrected chi connectivity index (χ2v) is 7.31. The molecular formula is C19H21NO3S. The zero-order valence-corrected chi connectivity index (χ0v) is 14.6. The largest absolute Gasteiger partial charge is 0.480 e. The fraction of sp³-hybridized carbons (Fsp3) is 0.421. The molecule has 1 atom stereocenters. The molecule has 1 fully saturated rings. The Morgan fingerprint density at radius 3 is 3.12 bits per heavy atom. The molecule has 3 heterocycles. The summed E-state index contributed by atoms with van der Waals surface area (Å²) in [7, 11) is 0. The van der Waals surface area contributed by atoms with Crippen molar-refractivity contribution in [2.75, 3.05) is 19.7 Å². The molecule has 5 heteroatoms. The first-order valence-corrected chi connectivity index (χ1v) is 9.39. The predicted octanol–water partition coefficient (Wildman–Crippen LogP) is 4.65. The van der Waals surface area contributed by atoms with E-state index in [9.17, 15) is 4.79 Å².